The summed E-state index contributed by atoms with van der Waals surface area (Å²) in [6.07, 6.45) is -40.7. The number of hydrogen-bond donors (Lipinski definition) is 32. The average Bonchev–Trinajstić information content (AvgIpc) is 1.43. The highest BCUT2D eigenvalue weighted by Crippen LogP contribution is 2.42. The first-order valence-corrected chi connectivity index (χ1v) is 45.5. The first kappa shape index (κ1) is 108. The highest BCUT2D eigenvalue weighted by Gasteiger charge is 2.60. The molecule has 3 saturated carbocycles. The Morgan fingerprint density at radius 1 is 0.346 bits per heavy atom. The molecule has 0 spiro atoms. The molecule has 13 rings (SSSR count). The fraction of sp³-hybridized carbons (Fsp3) is 1.00. The molecule has 3 unspecified atom stereocenters. The standard InChI is InChI=1S/C27H51N5O12.C27H53N5O12.C25H49N5O12/c1-10-18(34)20(36)16(7-28)40-25(10)43-23-17(8-33)41-27(21(23)37)44-24-19(35)12(30)6-13(31)22(24)42-26-11(29)2-3-15(39-26)14-9-38-5-4-32-14;1-10-18(35)20(37)16(8-28)40-25(10)43-23-17(9-34)41-27(21(23)38)44-24-19(36)13(30)7-14(31)22(24)42-26-12(29)3-4-15(39-26)11(2)32-5-6-33;1-7-15(33)17(35)13(5-26)37-23(7)41-21-14(6-31)38-25(18(21)36)42-22-16(34)9(28)3-10(29)20(22)40-24-11(30)4-12(32)19(39-24)8(2)27/h10-27,32-37H,2-9,28-31H2,1H3;10-27,32-38H,3-9,28-31H2,1-2H3;7-25,31-36H,3-6,26-30H2,1-2H3/t10-,11-,12-,13+,14+,15+,16+,17-,18-,19+,20-,21-,22-,23-,24-,25?,26-,27+;10-,11+,12-,13-,14+,15+,16+,17-,18-,19+,20-,21-,22-,23-,24-,25?,26-,27+;7-,8+,9-,10+,11-,12+,13+,14-,15-,16+,17-,18-,19-,20-,21-,22-,23?,24-,25+/m111/s1. The molecule has 3 aliphatic carbocycles. The average molecular weight is 1890 g/mol. The molecule has 55 atom stereocenters. The summed E-state index contributed by atoms with van der Waals surface area (Å²) in [5.74, 6) is -2.13. The third-order valence-corrected chi connectivity index (χ3v) is 27.4. The van der Waals surface area contributed by atoms with Crippen LogP contribution < -0.4 is 85.2 Å². The number of morpholine rings is 1. The van der Waals surface area contributed by atoms with Crippen molar-refractivity contribution >= 4 is 0 Å². The monoisotopic (exact) mass is 1890 g/mol. The Morgan fingerprint density at radius 2 is 0.685 bits per heavy atom. The van der Waals surface area contributed by atoms with Crippen LogP contribution in [0.25, 0.3) is 0 Å². The van der Waals surface area contributed by atoms with Crippen molar-refractivity contribution in [3.8, 4) is 0 Å². The molecule has 51 nitrogen and oxygen atoms in total. The summed E-state index contributed by atoms with van der Waals surface area (Å²) in [5, 5.41) is 185. The Balaban J connectivity index is 0.000000189. The van der Waals surface area contributed by atoms with E-state index in [1.54, 1.807) is 27.7 Å². The first-order valence-electron chi connectivity index (χ1n) is 45.5. The summed E-state index contributed by atoms with van der Waals surface area (Å²) in [7, 11) is 0. The van der Waals surface area contributed by atoms with E-state index in [1.165, 1.54) is 0 Å². The maximum atomic E-state index is 11.3. The predicted molar refractivity (Wildman–Crippen MR) is 445 cm³/mol. The first-order chi connectivity index (χ1) is 61.7. The van der Waals surface area contributed by atoms with Gasteiger partial charge in [-0.1, -0.05) is 20.8 Å². The highest BCUT2D eigenvalue weighted by molar-refractivity contribution is 5.07. The molecule has 51 heteroatoms. The molecular weight excluding hydrogens is 1730 g/mol. The van der Waals surface area contributed by atoms with Crippen LogP contribution in [-0.4, -0.2) is 478 Å². The van der Waals surface area contributed by atoms with E-state index in [2.05, 4.69) is 10.6 Å². The largest absolute Gasteiger partial charge is 0.395 e. The van der Waals surface area contributed by atoms with Gasteiger partial charge in [0.25, 0.3) is 0 Å². The lowest BCUT2D eigenvalue weighted by Gasteiger charge is -2.46. The van der Waals surface area contributed by atoms with E-state index in [4.69, 9.17) is 170 Å². The van der Waals surface area contributed by atoms with Crippen LogP contribution in [0.2, 0.25) is 0 Å². The van der Waals surface area contributed by atoms with Gasteiger partial charge in [-0.25, -0.2) is 0 Å². The van der Waals surface area contributed by atoms with Crippen LogP contribution >= 0.6 is 0 Å². The molecule has 10 aliphatic heterocycles. The zero-order valence-electron chi connectivity index (χ0n) is 74.1. The van der Waals surface area contributed by atoms with E-state index in [1.807, 2.05) is 6.92 Å². The summed E-state index contributed by atoms with van der Waals surface area (Å²) in [4.78, 5) is 0. The van der Waals surface area contributed by atoms with E-state index >= 15 is 0 Å². The van der Waals surface area contributed by atoms with Crippen molar-refractivity contribution in [3.05, 3.63) is 0 Å². The fourth-order valence-electron chi connectivity index (χ4n) is 19.2. The topological polar surface area (TPSA) is 882 Å². The van der Waals surface area contributed by atoms with Gasteiger partial charge in [-0.05, 0) is 65.2 Å². The Morgan fingerprint density at radius 3 is 1.02 bits per heavy atom. The van der Waals surface area contributed by atoms with Gasteiger partial charge in [-0.3, -0.25) is 0 Å². The lowest BCUT2D eigenvalue weighted by atomic mass is 9.84. The van der Waals surface area contributed by atoms with Crippen molar-refractivity contribution in [2.45, 2.75) is 404 Å². The van der Waals surface area contributed by atoms with Gasteiger partial charge in [-0.2, -0.15) is 0 Å². The number of aliphatic hydroxyl groups is 17. The van der Waals surface area contributed by atoms with Crippen molar-refractivity contribution in [1.82, 2.24) is 10.6 Å². The fourth-order valence-corrected chi connectivity index (χ4v) is 19.2. The van der Waals surface area contributed by atoms with Gasteiger partial charge in [0.05, 0.1) is 119 Å². The van der Waals surface area contributed by atoms with E-state index in [0.717, 1.165) is 0 Å². The van der Waals surface area contributed by atoms with Crippen molar-refractivity contribution in [2.24, 2.45) is 92.3 Å². The van der Waals surface area contributed by atoms with Crippen LogP contribution in [0.1, 0.15) is 86.0 Å². The Labute approximate surface area is 753 Å². The molecular formula is C79H153N15O36. The molecule has 45 N–H and O–H groups in total. The second-order valence-corrected chi connectivity index (χ2v) is 37.0. The molecule has 0 bridgehead atoms. The molecule has 130 heavy (non-hydrogen) atoms. The summed E-state index contributed by atoms with van der Waals surface area (Å²) in [5.41, 5.74) is 79.7. The number of aliphatic hydroxyl groups excluding tert-OH is 17. The molecule has 13 fully saturated rings. The van der Waals surface area contributed by atoms with Gasteiger partial charge in [0.2, 0.25) is 0 Å². The molecule has 0 aromatic heterocycles. The number of hydrogen-bond acceptors (Lipinski definition) is 51. The minimum absolute atomic E-state index is 0.0191. The van der Waals surface area contributed by atoms with Crippen molar-refractivity contribution in [2.75, 3.05) is 72.4 Å². The maximum absolute atomic E-state index is 11.3. The van der Waals surface area contributed by atoms with Gasteiger partial charge >= 0.3 is 0 Å². The molecule has 10 heterocycles. The molecule has 760 valence electrons. The zero-order chi connectivity index (χ0) is 95.0. The summed E-state index contributed by atoms with van der Waals surface area (Å²) in [6, 6.07) is -6.82. The van der Waals surface area contributed by atoms with Crippen LogP contribution in [0.4, 0.5) is 0 Å². The van der Waals surface area contributed by atoms with Crippen molar-refractivity contribution < 1.29 is 177 Å². The van der Waals surface area contributed by atoms with Gasteiger partial charge in [0, 0.05) is 98.8 Å². The SMILES string of the molecule is C[C@H](N)[C@H]1O[C@H](O[C@H]2[C@H](O[C@@H]3O[C@H](CO)[C@@H](OC4O[C@@H](CN)[C@@H](O)[C@H](O)[C@H]4C)[C@H]3O)[C@@H](O)[C@H](N)C[C@@H]2N)[C@H](N)C[C@@H]1O.C[C@H](NCCO)[C@@H]1CC[C@@H](N)[C@@H](O[C@H]2[C@H](O[C@@H]3O[C@H](CO)[C@@H](OC4O[C@@H](CN)[C@@H](O)[C@H](O)[C@H]4C)[C@H]3O)[C@@H](O)[C@H](N)C[C@@H]2N)O1.C[C@H]1C(O[C@H]2[C@@H](O)[C@H](O[C@@H]3[C@@H](O)[C@H](N)C[C@H](N)[C@H]3O[C@H]3O[C@H]([C@@H]4COCCN4)CC[C@H]3N)O[C@@H]2CO)O[C@@H](CN)[C@@H](O)[C@@H]1O. The van der Waals surface area contributed by atoms with E-state index in [9.17, 15) is 81.7 Å². The zero-order valence-corrected chi connectivity index (χ0v) is 74.1. The van der Waals surface area contributed by atoms with Crippen LogP contribution in [0.5, 0.6) is 0 Å². The number of rotatable bonds is 30. The summed E-state index contributed by atoms with van der Waals surface area (Å²) >= 11 is 0. The molecule has 0 amide bonds. The lowest BCUT2D eigenvalue weighted by Crippen LogP contribution is -2.66. The van der Waals surface area contributed by atoms with Gasteiger partial charge < -0.3 is 262 Å². The lowest BCUT2D eigenvalue weighted by molar-refractivity contribution is -0.300. The minimum atomic E-state index is -1.51. The molecule has 13 aliphatic rings. The van der Waals surface area contributed by atoms with Crippen molar-refractivity contribution in [3.63, 3.8) is 0 Å². The van der Waals surface area contributed by atoms with E-state index in [-0.39, 0.29) is 76.2 Å². The summed E-state index contributed by atoms with van der Waals surface area (Å²) < 4.78 is 113. The summed E-state index contributed by atoms with van der Waals surface area (Å²) in [6.45, 7) is 8.68. The van der Waals surface area contributed by atoms with Crippen LogP contribution in [-0.2, 0) is 90.0 Å². The van der Waals surface area contributed by atoms with E-state index in [0.29, 0.717) is 52.0 Å². The molecule has 0 radical (unpaired) electrons. The van der Waals surface area contributed by atoms with E-state index < -0.39 is 332 Å². The Hall–Kier alpha value is -2.04. The normalized spacial score (nSPS) is 51.4. The second-order valence-electron chi connectivity index (χ2n) is 37.0. The number of nitrogens with two attached hydrogens (primary N) is 13. The van der Waals surface area contributed by atoms with Gasteiger partial charge in [0.1, 0.15) is 134 Å². The second kappa shape index (κ2) is 48.9. The third kappa shape index (κ3) is 25.1. The van der Waals surface area contributed by atoms with Gasteiger partial charge in [0.15, 0.2) is 56.6 Å². The molecule has 0 aromatic carbocycles. The molecule has 10 saturated heterocycles. The third-order valence-electron chi connectivity index (χ3n) is 27.4. The molecule has 0 aromatic rings. The minimum Gasteiger partial charge on any atom is -0.395 e. The van der Waals surface area contributed by atoms with Crippen LogP contribution in [0.15, 0.2) is 0 Å². The van der Waals surface area contributed by atoms with Gasteiger partial charge in [-0.15, -0.1) is 0 Å². The smallest absolute Gasteiger partial charge is 0.187 e. The van der Waals surface area contributed by atoms with Crippen LogP contribution in [0.3, 0.4) is 0 Å². The number of ether oxygens (including phenoxy) is 19. The highest BCUT2D eigenvalue weighted by atomic mass is 16.8. The number of nitrogens with one attached hydrogen (secondary N) is 2. The predicted octanol–water partition coefficient (Wildman–Crippen LogP) is -17.2. The Bertz CT molecular complexity index is 3300. The maximum Gasteiger partial charge on any atom is 0.187 e. The van der Waals surface area contributed by atoms with Crippen LogP contribution in [0, 0.1) is 17.8 Å². The Kier molecular flexibility index (Phi) is 40.8. The van der Waals surface area contributed by atoms with Crippen molar-refractivity contribution in [1.29, 1.82) is 0 Å². The quantitative estimate of drug-likeness (QED) is 0.0318.